The van der Waals surface area contributed by atoms with Crippen molar-refractivity contribution in [1.29, 1.82) is 0 Å². The quantitative estimate of drug-likeness (QED) is 0.470. The monoisotopic (exact) mass is 436 g/mol. The number of thiazole rings is 1. The van der Waals surface area contributed by atoms with Crippen LogP contribution in [0, 0.1) is 0 Å². The number of nitrogens with zero attached hydrogens (tertiary/aromatic N) is 4. The molecule has 1 fully saturated rings. The minimum absolute atomic E-state index is 0.792. The van der Waals surface area contributed by atoms with Crippen molar-refractivity contribution in [1.82, 2.24) is 9.88 Å². The van der Waals surface area contributed by atoms with Crippen LogP contribution in [0.1, 0.15) is 29.7 Å². The lowest BCUT2D eigenvalue weighted by atomic mass is 10.1. The first kappa shape index (κ1) is 21.7. The molecule has 5 nitrogen and oxygen atoms in total. The molecule has 0 saturated carbocycles. The molecule has 4 rings (SSSR count). The minimum Gasteiger partial charge on any atom is -0.497 e. The van der Waals surface area contributed by atoms with Crippen LogP contribution in [-0.2, 0) is 19.6 Å². The number of aromatic nitrogens is 1. The molecule has 1 aliphatic rings. The Morgan fingerprint density at radius 2 is 1.71 bits per heavy atom. The average molecular weight is 437 g/mol. The summed E-state index contributed by atoms with van der Waals surface area (Å²) in [5.41, 5.74) is 4.97. The topological polar surface area (TPSA) is 31.8 Å². The molecule has 0 amide bonds. The minimum atomic E-state index is 0.792. The number of rotatable bonds is 9. The highest BCUT2D eigenvalue weighted by molar-refractivity contribution is 7.13. The van der Waals surface area contributed by atoms with Crippen molar-refractivity contribution in [3.05, 3.63) is 70.7 Å². The van der Waals surface area contributed by atoms with Crippen LogP contribution in [0.3, 0.4) is 0 Å². The van der Waals surface area contributed by atoms with Crippen LogP contribution in [-0.4, -0.2) is 44.2 Å². The summed E-state index contributed by atoms with van der Waals surface area (Å²) in [6.45, 7) is 4.82. The van der Waals surface area contributed by atoms with E-state index < -0.39 is 0 Å². The Kier molecular flexibility index (Phi) is 7.10. The van der Waals surface area contributed by atoms with Gasteiger partial charge in [-0.05, 0) is 62.3 Å². The molecule has 2 heterocycles. The molecule has 1 aliphatic heterocycles. The Bertz CT molecular complexity index is 964. The van der Waals surface area contributed by atoms with E-state index in [1.807, 2.05) is 6.07 Å². The zero-order chi connectivity index (χ0) is 21.6. The number of anilines is 2. The third-order valence-electron chi connectivity index (χ3n) is 5.58. The van der Waals surface area contributed by atoms with E-state index in [9.17, 15) is 0 Å². The standard InChI is InChI=1S/C25H32N4OS/c1-27(2)18-22-19-31-25(26-22)29(17-21-7-6-8-24(15-21)30-3)16-20-9-11-23(12-10-20)28-13-4-5-14-28/h6-12,15,19H,4-5,13-14,16-18H2,1-3H3. The summed E-state index contributed by atoms with van der Waals surface area (Å²) in [6.07, 6.45) is 2.60. The van der Waals surface area contributed by atoms with Crippen LogP contribution < -0.4 is 14.5 Å². The van der Waals surface area contributed by atoms with Crippen LogP contribution in [0.15, 0.2) is 53.9 Å². The fraction of sp³-hybridized carbons (Fsp3) is 0.400. The van der Waals surface area contributed by atoms with E-state index in [2.05, 4.69) is 76.6 Å². The maximum atomic E-state index is 5.43. The van der Waals surface area contributed by atoms with Gasteiger partial charge in [-0.15, -0.1) is 11.3 Å². The third kappa shape index (κ3) is 5.77. The molecule has 1 aromatic heterocycles. The molecule has 0 unspecified atom stereocenters. The second-order valence-corrected chi connectivity index (χ2v) is 9.26. The highest BCUT2D eigenvalue weighted by Crippen LogP contribution is 2.27. The summed E-state index contributed by atoms with van der Waals surface area (Å²) in [7, 11) is 5.87. The van der Waals surface area contributed by atoms with Gasteiger partial charge in [0.1, 0.15) is 5.75 Å². The van der Waals surface area contributed by atoms with Crippen LogP contribution in [0.2, 0.25) is 0 Å². The third-order valence-corrected chi connectivity index (χ3v) is 6.53. The lowest BCUT2D eigenvalue weighted by Gasteiger charge is -2.23. The largest absolute Gasteiger partial charge is 0.497 e. The van der Waals surface area contributed by atoms with Crippen LogP contribution in [0.25, 0.3) is 0 Å². The van der Waals surface area contributed by atoms with Gasteiger partial charge in [-0.1, -0.05) is 24.3 Å². The smallest absolute Gasteiger partial charge is 0.186 e. The van der Waals surface area contributed by atoms with E-state index >= 15 is 0 Å². The summed E-state index contributed by atoms with van der Waals surface area (Å²) < 4.78 is 5.43. The Labute approximate surface area is 189 Å². The van der Waals surface area contributed by atoms with Gasteiger partial charge in [0.25, 0.3) is 0 Å². The van der Waals surface area contributed by atoms with E-state index in [0.29, 0.717) is 0 Å². The van der Waals surface area contributed by atoms with Crippen molar-refractivity contribution in [3.63, 3.8) is 0 Å². The molecule has 0 radical (unpaired) electrons. The first-order valence-corrected chi connectivity index (χ1v) is 11.8. The highest BCUT2D eigenvalue weighted by atomic mass is 32.1. The van der Waals surface area contributed by atoms with Crippen molar-refractivity contribution in [3.8, 4) is 5.75 Å². The zero-order valence-corrected chi connectivity index (χ0v) is 19.6. The summed E-state index contributed by atoms with van der Waals surface area (Å²) >= 11 is 1.72. The summed E-state index contributed by atoms with van der Waals surface area (Å²) in [5, 5.41) is 3.23. The molecule has 3 aromatic rings. The van der Waals surface area contributed by atoms with E-state index in [4.69, 9.17) is 9.72 Å². The molecular formula is C25H32N4OS. The lowest BCUT2D eigenvalue weighted by molar-refractivity contribution is 0.398. The van der Waals surface area contributed by atoms with Gasteiger partial charge in [-0.25, -0.2) is 4.98 Å². The van der Waals surface area contributed by atoms with Gasteiger partial charge in [-0.2, -0.15) is 0 Å². The summed E-state index contributed by atoms with van der Waals surface area (Å²) in [5.74, 6) is 0.889. The van der Waals surface area contributed by atoms with E-state index in [1.165, 1.54) is 42.7 Å². The first-order valence-electron chi connectivity index (χ1n) is 10.9. The van der Waals surface area contributed by atoms with Crippen molar-refractivity contribution in [2.24, 2.45) is 0 Å². The normalized spacial score (nSPS) is 13.7. The van der Waals surface area contributed by atoms with Gasteiger partial charge < -0.3 is 19.4 Å². The molecule has 0 spiro atoms. The van der Waals surface area contributed by atoms with Crippen molar-refractivity contribution < 1.29 is 4.74 Å². The predicted octanol–water partition coefficient (Wildman–Crippen LogP) is 5.02. The molecule has 31 heavy (non-hydrogen) atoms. The van der Waals surface area contributed by atoms with Gasteiger partial charge >= 0.3 is 0 Å². The van der Waals surface area contributed by atoms with Gasteiger partial charge in [0.2, 0.25) is 0 Å². The number of ether oxygens (including phenoxy) is 1. The number of benzene rings is 2. The number of hydrogen-bond donors (Lipinski definition) is 0. The molecule has 164 valence electrons. The fourth-order valence-corrected chi connectivity index (χ4v) is 4.85. The summed E-state index contributed by atoms with van der Waals surface area (Å²) in [4.78, 5) is 11.9. The Morgan fingerprint density at radius 3 is 2.42 bits per heavy atom. The van der Waals surface area contributed by atoms with Crippen LogP contribution >= 0.6 is 11.3 Å². The maximum absolute atomic E-state index is 5.43. The molecule has 6 heteroatoms. The second kappa shape index (κ2) is 10.2. The molecule has 0 atom stereocenters. The zero-order valence-electron chi connectivity index (χ0n) is 18.8. The lowest BCUT2D eigenvalue weighted by Crippen LogP contribution is -2.22. The molecule has 0 bridgehead atoms. The molecule has 1 saturated heterocycles. The van der Waals surface area contributed by atoms with Gasteiger partial charge in [0.05, 0.1) is 12.8 Å². The van der Waals surface area contributed by atoms with Gasteiger partial charge in [-0.3, -0.25) is 0 Å². The SMILES string of the molecule is COc1cccc(CN(Cc2ccc(N3CCCC3)cc2)c2nc(CN(C)C)cs2)c1. The molecule has 0 aliphatic carbocycles. The molecule has 2 aromatic carbocycles. The first-order chi connectivity index (χ1) is 15.1. The molecule has 0 N–H and O–H groups in total. The van der Waals surface area contributed by atoms with Crippen LogP contribution in [0.5, 0.6) is 5.75 Å². The number of hydrogen-bond acceptors (Lipinski definition) is 6. The van der Waals surface area contributed by atoms with E-state index in [-0.39, 0.29) is 0 Å². The Hall–Kier alpha value is -2.57. The highest BCUT2D eigenvalue weighted by Gasteiger charge is 2.15. The Balaban J connectivity index is 1.54. The van der Waals surface area contributed by atoms with Gasteiger partial charge in [0, 0.05) is 43.8 Å². The molecular weight excluding hydrogens is 404 g/mol. The number of methoxy groups -OCH3 is 1. The van der Waals surface area contributed by atoms with E-state index in [1.54, 1.807) is 18.4 Å². The Morgan fingerprint density at radius 1 is 0.968 bits per heavy atom. The van der Waals surface area contributed by atoms with Crippen molar-refractivity contribution >= 4 is 22.2 Å². The summed E-state index contributed by atoms with van der Waals surface area (Å²) in [6, 6.07) is 17.4. The predicted molar refractivity (Wildman–Crippen MR) is 130 cm³/mol. The van der Waals surface area contributed by atoms with E-state index in [0.717, 1.165) is 36.2 Å². The van der Waals surface area contributed by atoms with Crippen LogP contribution in [0.4, 0.5) is 10.8 Å². The van der Waals surface area contributed by atoms with Crippen molar-refractivity contribution in [2.45, 2.75) is 32.5 Å². The fourth-order valence-electron chi connectivity index (χ4n) is 4.03. The average Bonchev–Trinajstić information content (AvgIpc) is 3.46. The maximum Gasteiger partial charge on any atom is 0.186 e. The second-order valence-electron chi connectivity index (χ2n) is 8.43. The van der Waals surface area contributed by atoms with Gasteiger partial charge in [0.15, 0.2) is 5.13 Å². The van der Waals surface area contributed by atoms with Crippen molar-refractivity contribution in [2.75, 3.05) is 44.1 Å².